The Kier molecular flexibility index (Phi) is 7.57. The van der Waals surface area contributed by atoms with E-state index in [2.05, 4.69) is 0 Å². The van der Waals surface area contributed by atoms with E-state index in [9.17, 15) is 22.4 Å². The quantitative estimate of drug-likeness (QED) is 0.268. The molecule has 0 saturated heterocycles. The number of benzene rings is 3. The molecular formula is C29H25ClF4N2O. The zero-order valence-electron chi connectivity index (χ0n) is 20.2. The predicted molar refractivity (Wildman–Crippen MR) is 138 cm³/mol. The molecule has 1 atom stereocenters. The monoisotopic (exact) mass is 528 g/mol. The van der Waals surface area contributed by atoms with E-state index in [1.807, 2.05) is 30.3 Å². The van der Waals surface area contributed by atoms with Gasteiger partial charge in [-0.15, -0.1) is 0 Å². The summed E-state index contributed by atoms with van der Waals surface area (Å²) in [6, 6.07) is 18.3. The van der Waals surface area contributed by atoms with Crippen molar-refractivity contribution >= 4 is 11.6 Å². The predicted octanol–water partition coefficient (Wildman–Crippen LogP) is 7.23. The van der Waals surface area contributed by atoms with Crippen molar-refractivity contribution < 1.29 is 17.6 Å². The average molecular weight is 529 g/mol. The van der Waals surface area contributed by atoms with Gasteiger partial charge in [-0.3, -0.25) is 4.79 Å². The highest BCUT2D eigenvalue weighted by Gasteiger charge is 2.35. The molecule has 0 aliphatic rings. The number of hydrogen-bond acceptors (Lipinski definition) is 2. The fourth-order valence-corrected chi connectivity index (χ4v) is 4.90. The van der Waals surface area contributed by atoms with Gasteiger partial charge in [-0.05, 0) is 44.0 Å². The minimum atomic E-state index is -4.75. The summed E-state index contributed by atoms with van der Waals surface area (Å²) >= 11 is 6.44. The molecule has 1 unspecified atom stereocenters. The first-order valence-corrected chi connectivity index (χ1v) is 12.0. The van der Waals surface area contributed by atoms with Crippen LogP contribution in [-0.2, 0) is 19.1 Å². The van der Waals surface area contributed by atoms with Crippen molar-refractivity contribution in [2.75, 3.05) is 0 Å². The molecule has 4 aromatic rings. The van der Waals surface area contributed by atoms with Crippen LogP contribution in [0.1, 0.15) is 39.7 Å². The summed E-state index contributed by atoms with van der Waals surface area (Å²) in [5.74, 6) is -0.978. The van der Waals surface area contributed by atoms with E-state index < -0.39 is 35.7 Å². The van der Waals surface area contributed by atoms with Crippen molar-refractivity contribution in [3.8, 4) is 11.1 Å². The molecule has 8 heteroatoms. The highest BCUT2D eigenvalue weighted by Crippen LogP contribution is 2.35. The average Bonchev–Trinajstić information content (AvgIpc) is 2.86. The summed E-state index contributed by atoms with van der Waals surface area (Å²) in [7, 11) is 0. The molecule has 0 saturated carbocycles. The van der Waals surface area contributed by atoms with Gasteiger partial charge in [-0.1, -0.05) is 66.2 Å². The van der Waals surface area contributed by atoms with Crippen LogP contribution in [0, 0.1) is 19.7 Å². The lowest BCUT2D eigenvalue weighted by Crippen LogP contribution is -2.27. The Labute approximate surface area is 217 Å². The van der Waals surface area contributed by atoms with E-state index in [1.165, 1.54) is 0 Å². The second-order valence-electron chi connectivity index (χ2n) is 8.90. The molecule has 0 radical (unpaired) electrons. The Morgan fingerprint density at radius 2 is 1.54 bits per heavy atom. The van der Waals surface area contributed by atoms with Crippen LogP contribution in [-0.4, -0.2) is 4.57 Å². The molecule has 0 bridgehead atoms. The smallest absolute Gasteiger partial charge is 0.344 e. The topological polar surface area (TPSA) is 48.0 Å². The molecular weight excluding hydrogens is 504 g/mol. The molecule has 0 aliphatic heterocycles. The summed E-state index contributed by atoms with van der Waals surface area (Å²) in [4.78, 5) is 13.8. The minimum absolute atomic E-state index is 0.135. The lowest BCUT2D eigenvalue weighted by molar-refractivity contribution is -0.138. The standard InChI is InChI=1S/C29H25ClF4N2O/c1-17-21(15-26(35)19-9-4-3-5-10-19)28(37)27(20-11-6-7-13-24(20)30)18(2)36(17)16-22-23(29(32,33)34)12-8-14-25(22)31/h3-14,26H,15-16,35H2,1-2H3. The molecule has 192 valence electrons. The van der Waals surface area contributed by atoms with Crippen LogP contribution in [0.2, 0.25) is 5.02 Å². The maximum Gasteiger partial charge on any atom is 0.416 e. The molecule has 37 heavy (non-hydrogen) atoms. The van der Waals surface area contributed by atoms with Gasteiger partial charge < -0.3 is 10.3 Å². The summed E-state index contributed by atoms with van der Waals surface area (Å²) in [5, 5.41) is 0.318. The molecule has 0 amide bonds. The second kappa shape index (κ2) is 10.5. The van der Waals surface area contributed by atoms with Gasteiger partial charge >= 0.3 is 6.18 Å². The van der Waals surface area contributed by atoms with Crippen LogP contribution in [0.25, 0.3) is 11.1 Å². The van der Waals surface area contributed by atoms with E-state index >= 15 is 0 Å². The van der Waals surface area contributed by atoms with Crippen LogP contribution in [0.3, 0.4) is 0 Å². The van der Waals surface area contributed by atoms with Crippen molar-refractivity contribution in [1.82, 2.24) is 4.57 Å². The molecule has 1 heterocycles. The number of halogens is 5. The van der Waals surface area contributed by atoms with Crippen LogP contribution >= 0.6 is 11.6 Å². The highest BCUT2D eigenvalue weighted by molar-refractivity contribution is 6.33. The Morgan fingerprint density at radius 1 is 0.892 bits per heavy atom. The van der Waals surface area contributed by atoms with Gasteiger partial charge in [0.25, 0.3) is 0 Å². The number of alkyl halides is 3. The third-order valence-corrected chi connectivity index (χ3v) is 6.97. The normalized spacial score (nSPS) is 12.5. The largest absolute Gasteiger partial charge is 0.416 e. The Balaban J connectivity index is 1.96. The van der Waals surface area contributed by atoms with E-state index in [0.29, 0.717) is 27.5 Å². The summed E-state index contributed by atoms with van der Waals surface area (Å²) in [6.45, 7) is 2.85. The second-order valence-corrected chi connectivity index (χ2v) is 9.31. The van der Waals surface area contributed by atoms with Gasteiger partial charge in [-0.25, -0.2) is 4.39 Å². The Morgan fingerprint density at radius 3 is 2.19 bits per heavy atom. The van der Waals surface area contributed by atoms with Gasteiger partial charge in [0.1, 0.15) is 5.82 Å². The van der Waals surface area contributed by atoms with Crippen LogP contribution < -0.4 is 11.2 Å². The summed E-state index contributed by atoms with van der Waals surface area (Å²) in [5.41, 5.74) is 7.20. The van der Waals surface area contributed by atoms with Crippen LogP contribution in [0.5, 0.6) is 0 Å². The minimum Gasteiger partial charge on any atom is -0.344 e. The van der Waals surface area contributed by atoms with Crippen LogP contribution in [0.4, 0.5) is 17.6 Å². The molecule has 0 fully saturated rings. The number of hydrogen-bond donors (Lipinski definition) is 1. The van der Waals surface area contributed by atoms with E-state index in [4.69, 9.17) is 17.3 Å². The van der Waals surface area contributed by atoms with Gasteiger partial charge in [0.15, 0.2) is 5.43 Å². The first-order chi connectivity index (χ1) is 17.5. The van der Waals surface area contributed by atoms with Gasteiger partial charge in [0, 0.05) is 39.1 Å². The number of nitrogens with two attached hydrogens (primary N) is 1. The Hall–Kier alpha value is -3.42. The van der Waals surface area contributed by atoms with Crippen molar-refractivity contribution in [2.24, 2.45) is 5.73 Å². The molecule has 2 N–H and O–H groups in total. The van der Waals surface area contributed by atoms with Crippen molar-refractivity contribution in [3.05, 3.63) is 128 Å². The van der Waals surface area contributed by atoms with Crippen molar-refractivity contribution in [3.63, 3.8) is 0 Å². The first-order valence-electron chi connectivity index (χ1n) is 11.6. The van der Waals surface area contributed by atoms with E-state index in [1.54, 1.807) is 42.7 Å². The fraction of sp³-hybridized carbons (Fsp3) is 0.207. The zero-order valence-corrected chi connectivity index (χ0v) is 21.0. The van der Waals surface area contributed by atoms with Gasteiger partial charge in [-0.2, -0.15) is 13.2 Å². The SMILES string of the molecule is Cc1c(CC(N)c2ccccc2)c(=O)c(-c2ccccc2Cl)c(C)n1Cc1c(F)cccc1C(F)(F)F. The number of nitrogens with zero attached hydrogens (tertiary/aromatic N) is 1. The molecule has 3 aromatic carbocycles. The van der Waals surface area contributed by atoms with Crippen molar-refractivity contribution in [2.45, 2.75) is 39.0 Å². The lowest BCUT2D eigenvalue weighted by atomic mass is 9.93. The zero-order chi connectivity index (χ0) is 26.9. The third kappa shape index (κ3) is 5.33. The maximum atomic E-state index is 14.8. The van der Waals surface area contributed by atoms with Gasteiger partial charge in [0.05, 0.1) is 17.7 Å². The maximum absolute atomic E-state index is 14.8. The molecule has 0 spiro atoms. The Bertz CT molecular complexity index is 1500. The number of aromatic nitrogens is 1. The molecule has 4 rings (SSSR count). The highest BCUT2D eigenvalue weighted by atomic mass is 35.5. The molecule has 0 aliphatic carbocycles. The van der Waals surface area contributed by atoms with E-state index in [0.717, 1.165) is 23.8 Å². The summed E-state index contributed by atoms with van der Waals surface area (Å²) < 4.78 is 57.7. The van der Waals surface area contributed by atoms with E-state index in [-0.39, 0.29) is 17.4 Å². The third-order valence-electron chi connectivity index (χ3n) is 6.64. The number of rotatable bonds is 6. The first kappa shape index (κ1) is 26.6. The summed E-state index contributed by atoms with van der Waals surface area (Å²) in [6.07, 6.45) is -4.61. The fourth-order valence-electron chi connectivity index (χ4n) is 4.67. The number of pyridine rings is 1. The van der Waals surface area contributed by atoms with Crippen molar-refractivity contribution in [1.29, 1.82) is 0 Å². The van der Waals surface area contributed by atoms with Crippen LogP contribution in [0.15, 0.2) is 77.6 Å². The van der Waals surface area contributed by atoms with Gasteiger partial charge in [0.2, 0.25) is 0 Å². The lowest BCUT2D eigenvalue weighted by Gasteiger charge is -2.24. The molecule has 1 aromatic heterocycles. The molecule has 3 nitrogen and oxygen atoms in total.